The Labute approximate surface area is 114 Å². The van der Waals surface area contributed by atoms with Gasteiger partial charge in [-0.15, -0.1) is 0 Å². The number of hydrogen-bond donors (Lipinski definition) is 2. The molecule has 0 amide bonds. The summed E-state index contributed by atoms with van der Waals surface area (Å²) >= 11 is 0. The first-order chi connectivity index (χ1) is 9.65. The van der Waals surface area contributed by atoms with E-state index in [0.717, 1.165) is 13.1 Å². The lowest BCUT2D eigenvalue weighted by molar-refractivity contribution is 0.153. The molecular weight excluding hydrogens is 258 g/mol. The van der Waals surface area contributed by atoms with Gasteiger partial charge in [-0.3, -0.25) is 9.69 Å². The molecule has 0 spiro atoms. The molecule has 3 rings (SSSR count). The summed E-state index contributed by atoms with van der Waals surface area (Å²) < 4.78 is 0.145. The molecular formula is C14H15N3O3. The lowest BCUT2D eigenvalue weighted by Crippen LogP contribution is -2.42. The van der Waals surface area contributed by atoms with Crippen molar-refractivity contribution >= 4 is 0 Å². The van der Waals surface area contributed by atoms with Crippen LogP contribution in [0.15, 0.2) is 39.9 Å². The standard InChI is InChI=1S/C14H15N3O3/c18-13-11-6-7-16(8-10-4-2-1-3-5-10)9-12(11)15-14(19)17(13)20/h1-5,20H,6-9H2,(H,15,19). The van der Waals surface area contributed by atoms with E-state index in [-0.39, 0.29) is 4.73 Å². The molecule has 0 saturated carbocycles. The second-order valence-electron chi connectivity index (χ2n) is 4.95. The number of nitrogens with one attached hydrogen (secondary N) is 1. The number of benzene rings is 1. The fourth-order valence-corrected chi connectivity index (χ4v) is 2.55. The second-order valence-corrected chi connectivity index (χ2v) is 4.95. The summed E-state index contributed by atoms with van der Waals surface area (Å²) in [5.74, 6) is 0. The zero-order chi connectivity index (χ0) is 14.1. The number of fused-ring (bicyclic) bond motifs is 1. The smallest absolute Gasteiger partial charge is 0.362 e. The highest BCUT2D eigenvalue weighted by Gasteiger charge is 2.21. The highest BCUT2D eigenvalue weighted by molar-refractivity contribution is 5.21. The Hall–Kier alpha value is -2.34. The van der Waals surface area contributed by atoms with E-state index in [1.165, 1.54) is 5.56 Å². The number of H-pyrrole nitrogens is 1. The molecule has 0 bridgehead atoms. The average Bonchev–Trinajstić information content (AvgIpc) is 2.46. The van der Waals surface area contributed by atoms with Crippen LogP contribution in [0.1, 0.15) is 16.8 Å². The Balaban J connectivity index is 1.86. The van der Waals surface area contributed by atoms with Crippen LogP contribution in [0, 0.1) is 0 Å². The molecule has 0 aliphatic carbocycles. The first-order valence-corrected chi connectivity index (χ1v) is 6.48. The molecule has 1 aromatic heterocycles. The number of aromatic nitrogens is 2. The topological polar surface area (TPSA) is 78.3 Å². The summed E-state index contributed by atoms with van der Waals surface area (Å²) in [6.07, 6.45) is 0.526. The van der Waals surface area contributed by atoms with Gasteiger partial charge in [0.05, 0.1) is 0 Å². The maximum absolute atomic E-state index is 11.8. The van der Waals surface area contributed by atoms with E-state index in [9.17, 15) is 14.8 Å². The van der Waals surface area contributed by atoms with E-state index < -0.39 is 11.2 Å². The number of rotatable bonds is 2. The van der Waals surface area contributed by atoms with Crippen LogP contribution < -0.4 is 11.2 Å². The van der Waals surface area contributed by atoms with Crippen LogP contribution >= 0.6 is 0 Å². The van der Waals surface area contributed by atoms with Gasteiger partial charge in [-0.2, -0.15) is 0 Å². The Morgan fingerprint density at radius 1 is 1.20 bits per heavy atom. The third-order valence-corrected chi connectivity index (χ3v) is 3.57. The normalized spacial score (nSPS) is 15.0. The number of nitrogens with zero attached hydrogens (tertiary/aromatic N) is 2. The minimum absolute atomic E-state index is 0.145. The highest BCUT2D eigenvalue weighted by atomic mass is 16.5. The van der Waals surface area contributed by atoms with Crippen LogP contribution in [0.25, 0.3) is 0 Å². The molecule has 6 heteroatoms. The van der Waals surface area contributed by atoms with Gasteiger partial charge in [-0.1, -0.05) is 35.1 Å². The van der Waals surface area contributed by atoms with Crippen molar-refractivity contribution in [1.29, 1.82) is 0 Å². The largest absolute Gasteiger partial charge is 0.421 e. The van der Waals surface area contributed by atoms with Crippen LogP contribution in [-0.2, 0) is 19.5 Å². The van der Waals surface area contributed by atoms with Crippen molar-refractivity contribution in [3.63, 3.8) is 0 Å². The molecule has 0 unspecified atom stereocenters. The molecule has 2 N–H and O–H groups in total. The Kier molecular flexibility index (Phi) is 3.15. The van der Waals surface area contributed by atoms with Gasteiger partial charge in [0.25, 0.3) is 5.56 Å². The Bertz CT molecular complexity index is 734. The van der Waals surface area contributed by atoms with Gasteiger partial charge in [-0.25, -0.2) is 4.79 Å². The summed E-state index contributed by atoms with van der Waals surface area (Å²) in [4.78, 5) is 27.9. The predicted octanol–water partition coefficient (Wildman–Crippen LogP) is 0.332. The summed E-state index contributed by atoms with van der Waals surface area (Å²) in [5, 5.41) is 9.31. The first kappa shape index (κ1) is 12.7. The quantitative estimate of drug-likeness (QED) is 0.773. The van der Waals surface area contributed by atoms with Crippen molar-refractivity contribution < 1.29 is 5.21 Å². The van der Waals surface area contributed by atoms with Crippen molar-refractivity contribution in [2.45, 2.75) is 19.5 Å². The zero-order valence-electron chi connectivity index (χ0n) is 10.9. The van der Waals surface area contributed by atoms with E-state index >= 15 is 0 Å². The summed E-state index contributed by atoms with van der Waals surface area (Å²) in [6.45, 7) is 2.00. The van der Waals surface area contributed by atoms with Crippen LogP contribution in [0.4, 0.5) is 0 Å². The van der Waals surface area contributed by atoms with Crippen LogP contribution in [0.2, 0.25) is 0 Å². The second kappa shape index (κ2) is 4.97. The molecule has 104 valence electrons. The minimum Gasteiger partial charge on any atom is -0.421 e. The summed E-state index contributed by atoms with van der Waals surface area (Å²) in [7, 11) is 0. The Morgan fingerprint density at radius 2 is 1.95 bits per heavy atom. The van der Waals surface area contributed by atoms with E-state index in [4.69, 9.17) is 0 Å². The maximum atomic E-state index is 11.8. The fourth-order valence-electron chi connectivity index (χ4n) is 2.55. The molecule has 0 saturated heterocycles. The lowest BCUT2D eigenvalue weighted by Gasteiger charge is -2.27. The van der Waals surface area contributed by atoms with Crippen LogP contribution in [-0.4, -0.2) is 26.4 Å². The van der Waals surface area contributed by atoms with E-state index in [1.54, 1.807) is 0 Å². The van der Waals surface area contributed by atoms with Gasteiger partial charge in [0.2, 0.25) is 0 Å². The van der Waals surface area contributed by atoms with Gasteiger partial charge >= 0.3 is 5.69 Å². The number of aromatic amines is 1. The average molecular weight is 273 g/mol. The predicted molar refractivity (Wildman–Crippen MR) is 72.8 cm³/mol. The molecule has 1 aliphatic heterocycles. The first-order valence-electron chi connectivity index (χ1n) is 6.48. The SMILES string of the molecule is O=c1[nH]c2c(c(=O)n1O)CCN(Cc1ccccc1)C2. The lowest BCUT2D eigenvalue weighted by atomic mass is 10.1. The maximum Gasteiger partial charge on any atom is 0.362 e. The molecule has 1 aliphatic rings. The van der Waals surface area contributed by atoms with Crippen LogP contribution in [0.5, 0.6) is 0 Å². The van der Waals surface area contributed by atoms with Crippen molar-refractivity contribution in [1.82, 2.24) is 14.6 Å². The van der Waals surface area contributed by atoms with Crippen LogP contribution in [0.3, 0.4) is 0 Å². The van der Waals surface area contributed by atoms with Gasteiger partial charge in [0.15, 0.2) is 0 Å². The third kappa shape index (κ3) is 2.25. The van der Waals surface area contributed by atoms with E-state index in [1.807, 2.05) is 30.3 Å². The Morgan fingerprint density at radius 3 is 2.70 bits per heavy atom. The van der Waals surface area contributed by atoms with Gasteiger partial charge in [-0.05, 0) is 12.0 Å². The van der Waals surface area contributed by atoms with E-state index in [2.05, 4.69) is 9.88 Å². The van der Waals surface area contributed by atoms with E-state index in [0.29, 0.717) is 24.2 Å². The number of hydrogen-bond acceptors (Lipinski definition) is 4. The summed E-state index contributed by atoms with van der Waals surface area (Å²) in [5.41, 5.74) is 0.899. The molecule has 1 aromatic carbocycles. The highest BCUT2D eigenvalue weighted by Crippen LogP contribution is 2.15. The monoisotopic (exact) mass is 273 g/mol. The molecule has 2 heterocycles. The molecule has 2 aromatic rings. The van der Waals surface area contributed by atoms with Crippen molar-refractivity contribution in [2.24, 2.45) is 0 Å². The van der Waals surface area contributed by atoms with Crippen molar-refractivity contribution in [2.75, 3.05) is 6.54 Å². The molecule has 20 heavy (non-hydrogen) atoms. The summed E-state index contributed by atoms with van der Waals surface area (Å²) in [6, 6.07) is 10.0. The van der Waals surface area contributed by atoms with Crippen molar-refractivity contribution in [3.05, 3.63) is 68.0 Å². The van der Waals surface area contributed by atoms with Crippen molar-refractivity contribution in [3.8, 4) is 0 Å². The fraction of sp³-hybridized carbons (Fsp3) is 0.286. The third-order valence-electron chi connectivity index (χ3n) is 3.57. The van der Waals surface area contributed by atoms with Gasteiger partial charge < -0.3 is 10.2 Å². The molecule has 0 fully saturated rings. The molecule has 6 nitrogen and oxygen atoms in total. The van der Waals surface area contributed by atoms with Gasteiger partial charge in [0.1, 0.15) is 0 Å². The zero-order valence-corrected chi connectivity index (χ0v) is 10.9. The minimum atomic E-state index is -0.782. The molecule has 0 radical (unpaired) electrons. The van der Waals surface area contributed by atoms with Gasteiger partial charge in [0, 0.05) is 30.9 Å². The molecule has 0 atom stereocenters.